The van der Waals surface area contributed by atoms with Crippen LogP contribution in [0.3, 0.4) is 0 Å². The molecule has 1 aromatic carbocycles. The summed E-state index contributed by atoms with van der Waals surface area (Å²) in [5.74, 6) is 1.69. The Morgan fingerprint density at radius 1 is 0.532 bits per heavy atom. The molecular weight excluding hydrogens is 598 g/mol. The first kappa shape index (κ1) is 42.3. The van der Waals surface area contributed by atoms with Gasteiger partial charge in [0.15, 0.2) is 11.5 Å². The lowest BCUT2D eigenvalue weighted by molar-refractivity contribution is 0.174. The van der Waals surface area contributed by atoms with Crippen LogP contribution in [0.1, 0.15) is 138 Å². The van der Waals surface area contributed by atoms with Crippen molar-refractivity contribution in [3.63, 3.8) is 0 Å². The number of fused-ring (bicyclic) bond motifs is 1. The highest BCUT2D eigenvalue weighted by Crippen LogP contribution is 2.32. The van der Waals surface area contributed by atoms with E-state index in [9.17, 15) is 0 Å². The molecule has 1 aliphatic heterocycles. The van der Waals surface area contributed by atoms with Gasteiger partial charge in [-0.2, -0.15) is 0 Å². The van der Waals surface area contributed by atoms with Gasteiger partial charge in [-0.1, -0.05) is 87.6 Å². The monoisotopic (exact) mass is 663 g/mol. The van der Waals surface area contributed by atoms with E-state index in [0.717, 1.165) is 63.1 Å². The Balaban J connectivity index is 0.0000110. The van der Waals surface area contributed by atoms with Crippen molar-refractivity contribution in [1.29, 1.82) is 0 Å². The lowest BCUT2D eigenvalue weighted by Gasteiger charge is -2.05. The maximum absolute atomic E-state index is 5.47. The molecule has 0 bridgehead atoms. The van der Waals surface area contributed by atoms with Gasteiger partial charge in [0.05, 0.1) is 0 Å². The van der Waals surface area contributed by atoms with E-state index in [-0.39, 0.29) is 12.4 Å². The van der Waals surface area contributed by atoms with E-state index in [0.29, 0.717) is 6.79 Å². The van der Waals surface area contributed by atoms with Gasteiger partial charge < -0.3 is 14.8 Å². The Morgan fingerprint density at radius 2 is 0.915 bits per heavy atom. The van der Waals surface area contributed by atoms with Gasteiger partial charge in [0.25, 0.3) is 0 Å². The van der Waals surface area contributed by atoms with Crippen LogP contribution in [0.15, 0.2) is 99.7 Å². The molecule has 47 heavy (non-hydrogen) atoms. The van der Waals surface area contributed by atoms with Crippen LogP contribution >= 0.6 is 12.4 Å². The third-order valence-corrected chi connectivity index (χ3v) is 8.61. The molecule has 262 valence electrons. The fraction of sp³-hybridized carbons (Fsp3) is 0.535. The Hall–Kier alpha value is -2.75. The maximum Gasteiger partial charge on any atom is 0.231 e. The molecule has 1 aromatic rings. The molecule has 1 N–H and O–H groups in total. The molecule has 0 aromatic heterocycles. The molecule has 0 atom stereocenters. The highest BCUT2D eigenvalue weighted by atomic mass is 35.5. The highest BCUT2D eigenvalue weighted by molar-refractivity contribution is 5.85. The van der Waals surface area contributed by atoms with Gasteiger partial charge in [0, 0.05) is 13.1 Å². The zero-order valence-electron chi connectivity index (χ0n) is 31.1. The van der Waals surface area contributed by atoms with Gasteiger partial charge in [0.2, 0.25) is 6.79 Å². The molecule has 0 amide bonds. The molecular formula is C43H66ClNO2. The second kappa shape index (κ2) is 25.3. The lowest BCUT2D eigenvalue weighted by atomic mass is 10.0. The molecule has 0 saturated carbocycles. The summed E-state index contributed by atoms with van der Waals surface area (Å²) in [4.78, 5) is 0. The van der Waals surface area contributed by atoms with Gasteiger partial charge in [-0.15, -0.1) is 12.4 Å². The van der Waals surface area contributed by atoms with Crippen molar-refractivity contribution in [3.05, 3.63) is 105 Å². The molecule has 0 unspecified atom stereocenters. The van der Waals surface area contributed by atoms with Crippen LogP contribution in [0.5, 0.6) is 11.5 Å². The summed E-state index contributed by atoms with van der Waals surface area (Å²) in [5.41, 5.74) is 11.7. The first-order valence-electron chi connectivity index (χ1n) is 17.8. The third-order valence-electron chi connectivity index (χ3n) is 8.61. The van der Waals surface area contributed by atoms with Crippen LogP contribution < -0.4 is 14.8 Å². The Bertz CT molecular complexity index is 1270. The summed E-state index contributed by atoms with van der Waals surface area (Å²) in [6.07, 6.45) is 30.7. The second-order valence-electron chi connectivity index (χ2n) is 13.6. The summed E-state index contributed by atoms with van der Waals surface area (Å²) in [7, 11) is 0. The summed E-state index contributed by atoms with van der Waals surface area (Å²) in [6, 6.07) is 6.15. The van der Waals surface area contributed by atoms with Gasteiger partial charge in [0.1, 0.15) is 0 Å². The Labute approximate surface area is 295 Å². The number of rotatable bonds is 22. The number of hydrogen-bond donors (Lipinski definition) is 1. The van der Waals surface area contributed by atoms with Crippen LogP contribution in [0.4, 0.5) is 0 Å². The summed E-state index contributed by atoms with van der Waals surface area (Å²) in [5, 5.41) is 3.51. The highest BCUT2D eigenvalue weighted by Gasteiger charge is 2.12. The molecule has 0 aliphatic carbocycles. The zero-order valence-corrected chi connectivity index (χ0v) is 31.9. The van der Waals surface area contributed by atoms with Crippen LogP contribution in [-0.2, 0) is 6.54 Å². The maximum atomic E-state index is 5.47. The van der Waals surface area contributed by atoms with Gasteiger partial charge >= 0.3 is 0 Å². The summed E-state index contributed by atoms with van der Waals surface area (Å²) < 4.78 is 10.9. The number of ether oxygens (including phenoxy) is 2. The van der Waals surface area contributed by atoms with Crippen molar-refractivity contribution in [1.82, 2.24) is 5.32 Å². The number of allylic oxidation sites excluding steroid dienone is 13. The minimum absolute atomic E-state index is 0. The normalized spacial score (nSPS) is 14.4. The number of halogens is 1. The van der Waals surface area contributed by atoms with Crippen molar-refractivity contribution in [2.45, 2.75) is 139 Å². The average Bonchev–Trinajstić information content (AvgIpc) is 3.47. The van der Waals surface area contributed by atoms with Gasteiger partial charge in [-0.3, -0.25) is 0 Å². The third kappa shape index (κ3) is 21.0. The minimum Gasteiger partial charge on any atom is -0.454 e. The predicted octanol–water partition coefficient (Wildman–Crippen LogP) is 13.3. The Morgan fingerprint density at radius 3 is 1.34 bits per heavy atom. The molecule has 2 rings (SSSR count). The standard InChI is InChI=1S/C43H65NO2.ClH/c1-34(2)15-9-16-35(3)17-10-18-36(4)19-11-20-37(5)21-12-22-38(6)23-13-24-39(7)25-14-26-40(8)29-30-44-32-41-27-28-42-43(31-41)46-33-45-42;/h15,17,19,21,23,25,27-29,31,44H,9-14,16,18,20,22,24,26,30,32-33H2,1-8H3;1H/b35-17?,36-19?,37-21+,38-23+,39-25+,40-29+;. The first-order valence-corrected chi connectivity index (χ1v) is 17.8. The number of nitrogens with one attached hydrogen (secondary N) is 1. The molecule has 0 fully saturated rings. The van der Waals surface area contributed by atoms with Crippen LogP contribution in [0.2, 0.25) is 0 Å². The Kier molecular flexibility index (Phi) is 22.7. The van der Waals surface area contributed by atoms with E-state index in [1.165, 1.54) is 83.1 Å². The average molecular weight is 664 g/mol. The molecule has 0 saturated heterocycles. The van der Waals surface area contributed by atoms with E-state index in [2.05, 4.69) is 115 Å². The number of hydrogen-bond acceptors (Lipinski definition) is 3. The zero-order chi connectivity index (χ0) is 33.6. The van der Waals surface area contributed by atoms with Crippen LogP contribution in [-0.4, -0.2) is 13.3 Å². The molecule has 0 radical (unpaired) electrons. The second-order valence-corrected chi connectivity index (χ2v) is 13.6. The molecule has 0 spiro atoms. The topological polar surface area (TPSA) is 30.5 Å². The van der Waals surface area contributed by atoms with E-state index < -0.39 is 0 Å². The van der Waals surface area contributed by atoms with E-state index in [1.807, 2.05) is 6.07 Å². The predicted molar refractivity (Wildman–Crippen MR) is 209 cm³/mol. The fourth-order valence-corrected chi connectivity index (χ4v) is 5.45. The van der Waals surface area contributed by atoms with E-state index >= 15 is 0 Å². The SMILES string of the molecule is CC(C)=CCCC(C)=CCCC(C)=CCC/C(C)=C/CC/C(C)=C/CC/C(C)=C/CC/C(C)=C/CNCc1ccc2c(c1)OCO2.Cl. The minimum atomic E-state index is 0. The van der Waals surface area contributed by atoms with Crippen molar-refractivity contribution in [3.8, 4) is 11.5 Å². The van der Waals surface area contributed by atoms with Crippen molar-refractivity contribution >= 4 is 12.4 Å². The van der Waals surface area contributed by atoms with Crippen LogP contribution in [0, 0.1) is 0 Å². The number of benzene rings is 1. The molecule has 3 nitrogen and oxygen atoms in total. The van der Waals surface area contributed by atoms with Gasteiger partial charge in [-0.05, 0) is 150 Å². The van der Waals surface area contributed by atoms with E-state index in [1.54, 1.807) is 0 Å². The quantitative estimate of drug-likeness (QED) is 0.0989. The van der Waals surface area contributed by atoms with Crippen molar-refractivity contribution in [2.24, 2.45) is 0 Å². The van der Waals surface area contributed by atoms with E-state index in [4.69, 9.17) is 9.47 Å². The largest absolute Gasteiger partial charge is 0.454 e. The van der Waals surface area contributed by atoms with Crippen LogP contribution in [0.25, 0.3) is 0 Å². The van der Waals surface area contributed by atoms with Crippen molar-refractivity contribution < 1.29 is 9.47 Å². The first-order chi connectivity index (χ1) is 22.1. The fourth-order valence-electron chi connectivity index (χ4n) is 5.45. The smallest absolute Gasteiger partial charge is 0.231 e. The van der Waals surface area contributed by atoms with Gasteiger partial charge in [-0.25, -0.2) is 0 Å². The summed E-state index contributed by atoms with van der Waals surface area (Å²) in [6.45, 7) is 20.1. The van der Waals surface area contributed by atoms with Crippen molar-refractivity contribution in [2.75, 3.05) is 13.3 Å². The molecule has 4 heteroatoms. The summed E-state index contributed by atoms with van der Waals surface area (Å²) >= 11 is 0. The lowest BCUT2D eigenvalue weighted by Crippen LogP contribution is -2.13. The molecule has 1 heterocycles. The molecule has 1 aliphatic rings.